The number of hydrogen-bond donors (Lipinski definition) is 1. The molecule has 0 spiro atoms. The van der Waals surface area contributed by atoms with Crippen LogP contribution in [0.5, 0.6) is 5.88 Å². The number of rotatable bonds is 4. The van der Waals surface area contributed by atoms with Crippen LogP contribution >= 0.6 is 0 Å². The minimum Gasteiger partial charge on any atom is -0.476 e. The number of nitrogens with one attached hydrogen (secondary N) is 1. The predicted molar refractivity (Wildman–Crippen MR) is 69.5 cm³/mol. The molecule has 8 nitrogen and oxygen atoms in total. The van der Waals surface area contributed by atoms with Crippen LogP contribution in [0.1, 0.15) is 12.8 Å². The molecule has 0 bridgehead atoms. The lowest BCUT2D eigenvalue weighted by Gasteiger charge is -2.32. The molecule has 1 fully saturated rings. The van der Waals surface area contributed by atoms with Crippen molar-refractivity contribution >= 4 is 11.5 Å². The third-order valence-electron chi connectivity index (χ3n) is 3.30. The molecule has 1 aromatic rings. The summed E-state index contributed by atoms with van der Waals surface area (Å²) in [6.07, 6.45) is 3.31. The Labute approximate surface area is 110 Å². The molecule has 0 amide bonds. The number of likely N-dealkylation sites (N-methyl/N-ethyl adjacent to an activating group) is 1. The van der Waals surface area contributed by atoms with E-state index in [1.807, 2.05) is 11.9 Å². The number of nitro groups is 1. The molecular formula is C11H17N5O3. The van der Waals surface area contributed by atoms with E-state index in [0.29, 0.717) is 5.82 Å². The largest absolute Gasteiger partial charge is 0.476 e. The Balaban J connectivity index is 2.34. The van der Waals surface area contributed by atoms with Gasteiger partial charge >= 0.3 is 5.69 Å². The molecule has 1 saturated heterocycles. The molecule has 104 valence electrons. The molecular weight excluding hydrogens is 250 g/mol. The molecule has 2 heterocycles. The summed E-state index contributed by atoms with van der Waals surface area (Å²) in [7, 11) is 3.17. The lowest BCUT2D eigenvalue weighted by molar-refractivity contribution is -0.385. The van der Waals surface area contributed by atoms with Gasteiger partial charge in [0.15, 0.2) is 0 Å². The number of nitrogens with zero attached hydrogens (tertiary/aromatic N) is 4. The minimum absolute atomic E-state index is 0.00869. The zero-order valence-electron chi connectivity index (χ0n) is 11.0. The number of aromatic nitrogens is 2. The van der Waals surface area contributed by atoms with Crippen molar-refractivity contribution in [3.8, 4) is 5.88 Å². The first-order valence-electron chi connectivity index (χ1n) is 6.12. The topological polar surface area (TPSA) is 93.4 Å². The van der Waals surface area contributed by atoms with Crippen LogP contribution in [0.15, 0.2) is 6.33 Å². The Morgan fingerprint density at radius 3 is 2.95 bits per heavy atom. The molecule has 19 heavy (non-hydrogen) atoms. The Hall–Kier alpha value is -1.96. The van der Waals surface area contributed by atoms with Gasteiger partial charge in [-0.05, 0) is 19.4 Å². The van der Waals surface area contributed by atoms with Crippen LogP contribution in [0.25, 0.3) is 0 Å². The molecule has 1 aliphatic rings. The molecule has 8 heteroatoms. The highest BCUT2D eigenvalue weighted by atomic mass is 16.6. The number of ether oxygens (including phenoxy) is 1. The van der Waals surface area contributed by atoms with Gasteiger partial charge in [0.2, 0.25) is 5.82 Å². The molecule has 0 saturated carbocycles. The first-order chi connectivity index (χ1) is 9.15. The van der Waals surface area contributed by atoms with Crippen molar-refractivity contribution in [2.24, 2.45) is 0 Å². The van der Waals surface area contributed by atoms with E-state index in [-0.39, 0.29) is 17.6 Å². The first-order valence-corrected chi connectivity index (χ1v) is 6.12. The predicted octanol–water partition coefficient (Wildman–Crippen LogP) is 0.582. The van der Waals surface area contributed by atoms with Crippen molar-refractivity contribution in [1.29, 1.82) is 0 Å². The van der Waals surface area contributed by atoms with E-state index in [4.69, 9.17) is 4.74 Å². The van der Waals surface area contributed by atoms with Gasteiger partial charge in [0.1, 0.15) is 6.33 Å². The van der Waals surface area contributed by atoms with Crippen molar-refractivity contribution < 1.29 is 9.66 Å². The second-order valence-corrected chi connectivity index (χ2v) is 4.42. The highest BCUT2D eigenvalue weighted by Crippen LogP contribution is 2.33. The van der Waals surface area contributed by atoms with Crippen molar-refractivity contribution in [1.82, 2.24) is 15.3 Å². The van der Waals surface area contributed by atoms with Gasteiger partial charge in [-0.3, -0.25) is 10.1 Å². The molecule has 1 aromatic heterocycles. The molecule has 2 rings (SSSR count). The molecule has 1 atom stereocenters. The maximum atomic E-state index is 11.2. The molecule has 1 N–H and O–H groups in total. The molecule has 1 aliphatic heterocycles. The van der Waals surface area contributed by atoms with Crippen molar-refractivity contribution in [3.63, 3.8) is 0 Å². The quantitative estimate of drug-likeness (QED) is 0.630. The zero-order valence-corrected chi connectivity index (χ0v) is 11.0. The van der Waals surface area contributed by atoms with E-state index in [1.165, 1.54) is 13.4 Å². The summed E-state index contributed by atoms with van der Waals surface area (Å²) in [6, 6.07) is 0.187. The van der Waals surface area contributed by atoms with E-state index in [0.717, 1.165) is 25.9 Å². The van der Waals surface area contributed by atoms with Gasteiger partial charge in [-0.15, -0.1) is 0 Å². The Bertz CT molecular complexity index is 462. The SMILES string of the molecule is COc1ncnc(N(C)C2CCCNC2)c1[N+](=O)[O-]. The summed E-state index contributed by atoms with van der Waals surface area (Å²) in [5.74, 6) is 0.288. The average molecular weight is 267 g/mol. The number of methoxy groups -OCH3 is 1. The minimum atomic E-state index is -0.499. The van der Waals surface area contributed by atoms with E-state index < -0.39 is 4.92 Å². The van der Waals surface area contributed by atoms with Gasteiger partial charge in [-0.25, -0.2) is 4.98 Å². The third kappa shape index (κ3) is 2.73. The smallest absolute Gasteiger partial charge is 0.372 e. The summed E-state index contributed by atoms with van der Waals surface area (Å²) in [6.45, 7) is 1.78. The van der Waals surface area contributed by atoms with Crippen LogP contribution in [-0.2, 0) is 0 Å². The van der Waals surface area contributed by atoms with Gasteiger partial charge in [0, 0.05) is 19.6 Å². The fourth-order valence-corrected chi connectivity index (χ4v) is 2.26. The second kappa shape index (κ2) is 5.79. The maximum Gasteiger partial charge on any atom is 0.372 e. The van der Waals surface area contributed by atoms with E-state index in [9.17, 15) is 10.1 Å². The lowest BCUT2D eigenvalue weighted by atomic mass is 10.1. The Morgan fingerprint density at radius 1 is 1.58 bits per heavy atom. The number of piperidine rings is 1. The summed E-state index contributed by atoms with van der Waals surface area (Å²) in [4.78, 5) is 20.4. The molecule has 0 radical (unpaired) electrons. The van der Waals surface area contributed by atoms with Crippen LogP contribution in [0.3, 0.4) is 0 Å². The third-order valence-corrected chi connectivity index (χ3v) is 3.30. The highest BCUT2D eigenvalue weighted by molar-refractivity contribution is 5.62. The van der Waals surface area contributed by atoms with Crippen LogP contribution in [0.2, 0.25) is 0 Å². The fourth-order valence-electron chi connectivity index (χ4n) is 2.26. The summed E-state index contributed by atoms with van der Waals surface area (Å²) in [5.41, 5.74) is -0.182. The Morgan fingerprint density at radius 2 is 2.37 bits per heavy atom. The number of hydrogen-bond acceptors (Lipinski definition) is 7. The van der Waals surface area contributed by atoms with E-state index in [1.54, 1.807) is 0 Å². The summed E-state index contributed by atoms with van der Waals surface area (Å²) >= 11 is 0. The summed E-state index contributed by atoms with van der Waals surface area (Å²) in [5, 5.41) is 14.5. The Kier molecular flexibility index (Phi) is 4.10. The maximum absolute atomic E-state index is 11.2. The fraction of sp³-hybridized carbons (Fsp3) is 0.636. The van der Waals surface area contributed by atoms with Crippen LogP contribution in [0.4, 0.5) is 11.5 Å². The van der Waals surface area contributed by atoms with Crippen LogP contribution in [0, 0.1) is 10.1 Å². The molecule has 0 aliphatic carbocycles. The van der Waals surface area contributed by atoms with Crippen LogP contribution in [-0.4, -0.2) is 48.2 Å². The van der Waals surface area contributed by atoms with Crippen molar-refractivity contribution in [3.05, 3.63) is 16.4 Å². The normalized spacial score (nSPS) is 18.9. The van der Waals surface area contributed by atoms with Gasteiger partial charge in [0.05, 0.1) is 12.0 Å². The second-order valence-electron chi connectivity index (χ2n) is 4.42. The van der Waals surface area contributed by atoms with Gasteiger partial charge in [-0.2, -0.15) is 4.98 Å². The van der Waals surface area contributed by atoms with Gasteiger partial charge in [-0.1, -0.05) is 0 Å². The highest BCUT2D eigenvalue weighted by Gasteiger charge is 2.30. The zero-order chi connectivity index (χ0) is 13.8. The van der Waals surface area contributed by atoms with Crippen molar-refractivity contribution in [2.75, 3.05) is 32.1 Å². The average Bonchev–Trinajstić information content (AvgIpc) is 2.46. The standard InChI is InChI=1S/C11H17N5O3/c1-15(8-4-3-5-12-6-8)10-9(16(17)18)11(19-2)14-7-13-10/h7-8,12H,3-6H2,1-2H3. The van der Waals surface area contributed by atoms with E-state index in [2.05, 4.69) is 15.3 Å². The van der Waals surface area contributed by atoms with Gasteiger partial charge < -0.3 is 15.0 Å². The van der Waals surface area contributed by atoms with Gasteiger partial charge in [0.25, 0.3) is 5.88 Å². The van der Waals surface area contributed by atoms with Crippen LogP contribution < -0.4 is 15.0 Å². The number of anilines is 1. The lowest BCUT2D eigenvalue weighted by Crippen LogP contribution is -2.44. The molecule has 1 unspecified atom stereocenters. The first kappa shape index (κ1) is 13.5. The monoisotopic (exact) mass is 267 g/mol. The molecule has 0 aromatic carbocycles. The van der Waals surface area contributed by atoms with E-state index >= 15 is 0 Å². The van der Waals surface area contributed by atoms with Crippen molar-refractivity contribution in [2.45, 2.75) is 18.9 Å². The summed E-state index contributed by atoms with van der Waals surface area (Å²) < 4.78 is 4.95.